The standard InChI is InChI=1S/C49H60F2N2O4/c1-30(34-7-5-4-6-8-34)52-43(56)53(28-46-23-31-19-32(24-46)21-33(20-31)25-46)29-48(57)16-13-41-45(48,3)15-12-40-44(2)14-11-36(54)26-47(44)17-18-49(40,41)37(27-47)42(55)35-9-10-38(50)39(51)22-35/h4-10,17-18,22,27,30-33,36,40-41,54,57H,11-16,19-21,23-26,28-29H2,1-3H3,(H,52,56). The van der Waals surface area contributed by atoms with Gasteiger partial charge in [-0.3, -0.25) is 4.79 Å². The van der Waals surface area contributed by atoms with Gasteiger partial charge in [0.1, 0.15) is 0 Å². The lowest BCUT2D eigenvalue weighted by Crippen LogP contribution is -2.67. The van der Waals surface area contributed by atoms with Gasteiger partial charge in [-0.1, -0.05) is 62.4 Å². The van der Waals surface area contributed by atoms with Crippen LogP contribution in [0.1, 0.15) is 126 Å². The van der Waals surface area contributed by atoms with Crippen molar-refractivity contribution in [3.63, 3.8) is 0 Å². The highest BCUT2D eigenvalue weighted by molar-refractivity contribution is 6.10. The minimum absolute atomic E-state index is 0.0651. The molecule has 0 aromatic heterocycles. The number of amides is 2. The number of aliphatic hydroxyl groups excluding tert-OH is 1. The summed E-state index contributed by atoms with van der Waals surface area (Å²) in [6, 6.07) is 13.2. The molecule has 8 heteroatoms. The van der Waals surface area contributed by atoms with E-state index in [-0.39, 0.29) is 52.6 Å². The van der Waals surface area contributed by atoms with E-state index in [0.717, 1.165) is 74.0 Å². The summed E-state index contributed by atoms with van der Waals surface area (Å²) in [6.07, 6.45) is 18.3. The van der Waals surface area contributed by atoms with Gasteiger partial charge in [0.15, 0.2) is 17.4 Å². The van der Waals surface area contributed by atoms with Gasteiger partial charge in [-0.15, -0.1) is 0 Å². The summed E-state index contributed by atoms with van der Waals surface area (Å²) in [5.41, 5.74) is -1.53. The third kappa shape index (κ3) is 5.43. The lowest BCUT2D eigenvalue weighted by atomic mass is 9.32. The molecule has 9 atom stereocenters. The summed E-state index contributed by atoms with van der Waals surface area (Å²) in [7, 11) is 0. The number of ketones is 1. The molecule has 7 saturated carbocycles. The molecule has 57 heavy (non-hydrogen) atoms. The number of halogens is 2. The van der Waals surface area contributed by atoms with Gasteiger partial charge in [-0.25, -0.2) is 13.6 Å². The summed E-state index contributed by atoms with van der Waals surface area (Å²) in [4.78, 5) is 31.6. The fourth-order valence-electron chi connectivity index (χ4n) is 15.9. The minimum Gasteiger partial charge on any atom is -0.393 e. The topological polar surface area (TPSA) is 89.9 Å². The van der Waals surface area contributed by atoms with Crippen molar-refractivity contribution < 1.29 is 28.6 Å². The van der Waals surface area contributed by atoms with Crippen molar-refractivity contribution in [3.05, 3.63) is 95.1 Å². The molecule has 7 fully saturated rings. The van der Waals surface area contributed by atoms with E-state index in [1.54, 1.807) is 0 Å². The molecular weight excluding hydrogens is 719 g/mol. The average molecular weight is 779 g/mol. The van der Waals surface area contributed by atoms with Gasteiger partial charge in [0.2, 0.25) is 0 Å². The number of aliphatic hydroxyl groups is 2. The fourth-order valence-corrected chi connectivity index (χ4v) is 15.9. The third-order valence-electron chi connectivity index (χ3n) is 18.2. The zero-order valence-electron chi connectivity index (χ0n) is 33.9. The van der Waals surface area contributed by atoms with Gasteiger partial charge in [0, 0.05) is 33.9 Å². The van der Waals surface area contributed by atoms with Gasteiger partial charge in [-0.05, 0) is 155 Å². The molecule has 6 nitrogen and oxygen atoms in total. The second-order valence-electron chi connectivity index (χ2n) is 21.1. The van der Waals surface area contributed by atoms with Crippen LogP contribution in [0, 0.1) is 68.3 Å². The number of carbonyl (C=O) groups is 2. The van der Waals surface area contributed by atoms with Crippen LogP contribution in [0.2, 0.25) is 0 Å². The molecule has 10 aliphatic carbocycles. The zero-order valence-corrected chi connectivity index (χ0v) is 33.9. The summed E-state index contributed by atoms with van der Waals surface area (Å²) in [5, 5.41) is 27.8. The van der Waals surface area contributed by atoms with Crippen LogP contribution in [0.5, 0.6) is 0 Å². The SMILES string of the molecule is CC(NC(=O)N(CC12CC3CC(CC(C3)C1)C2)CC1(O)CCC2C34C=CC5(C=C3C(=O)c3ccc(F)c(F)c3)CC(O)CCC5(C)C4CCC21C)c1ccccc1. The zero-order chi connectivity index (χ0) is 39.8. The normalized spacial score (nSPS) is 43.8. The van der Waals surface area contributed by atoms with Gasteiger partial charge in [0.25, 0.3) is 0 Å². The average Bonchev–Trinajstić information content (AvgIpc) is 3.44. The van der Waals surface area contributed by atoms with Crippen molar-refractivity contribution in [3.8, 4) is 0 Å². The number of nitrogens with one attached hydrogen (secondary N) is 1. The van der Waals surface area contributed by atoms with Crippen molar-refractivity contribution in [2.75, 3.05) is 13.1 Å². The predicted octanol–water partition coefficient (Wildman–Crippen LogP) is 9.73. The Morgan fingerprint density at radius 2 is 1.47 bits per heavy atom. The molecule has 0 saturated heterocycles. The number of rotatable bonds is 8. The van der Waals surface area contributed by atoms with Crippen molar-refractivity contribution in [2.45, 2.75) is 122 Å². The molecule has 6 bridgehead atoms. The number of hydrogen-bond donors (Lipinski definition) is 3. The van der Waals surface area contributed by atoms with E-state index in [4.69, 9.17) is 0 Å². The first kappa shape index (κ1) is 37.9. The second-order valence-corrected chi connectivity index (χ2v) is 21.1. The highest BCUT2D eigenvalue weighted by Gasteiger charge is 2.74. The smallest absolute Gasteiger partial charge is 0.317 e. The number of carbonyl (C=O) groups excluding carboxylic acids is 2. The first-order chi connectivity index (χ1) is 27.1. The molecule has 2 spiro atoms. The Morgan fingerprint density at radius 1 is 0.825 bits per heavy atom. The number of allylic oxidation sites excluding steroid dienone is 4. The summed E-state index contributed by atoms with van der Waals surface area (Å²) >= 11 is 0. The van der Waals surface area contributed by atoms with Crippen molar-refractivity contribution in [2.24, 2.45) is 56.7 Å². The van der Waals surface area contributed by atoms with Crippen LogP contribution >= 0.6 is 0 Å². The molecule has 304 valence electrons. The highest BCUT2D eigenvalue weighted by Crippen LogP contribution is 2.78. The maximum atomic E-state index is 14.9. The number of nitrogens with zero attached hydrogens (tertiary/aromatic N) is 1. The number of hydrogen-bond acceptors (Lipinski definition) is 4. The third-order valence-corrected chi connectivity index (χ3v) is 18.2. The minimum atomic E-state index is -1.22. The van der Waals surface area contributed by atoms with Crippen LogP contribution < -0.4 is 5.32 Å². The summed E-state index contributed by atoms with van der Waals surface area (Å²) in [6.45, 7) is 7.44. The van der Waals surface area contributed by atoms with Crippen LogP contribution in [-0.2, 0) is 0 Å². The lowest BCUT2D eigenvalue weighted by Gasteiger charge is -2.71. The van der Waals surface area contributed by atoms with Crippen LogP contribution in [0.3, 0.4) is 0 Å². The first-order valence-electron chi connectivity index (χ1n) is 22.1. The monoisotopic (exact) mass is 778 g/mol. The molecular formula is C49H60F2N2O4. The molecule has 0 radical (unpaired) electrons. The summed E-state index contributed by atoms with van der Waals surface area (Å²) < 4.78 is 29.0. The first-order valence-corrected chi connectivity index (χ1v) is 22.1. The Labute approximate surface area is 336 Å². The molecule has 3 N–H and O–H groups in total. The maximum absolute atomic E-state index is 14.9. The number of Topliss-reactive ketones (excluding diaryl/α,β-unsaturated/α-hetero) is 1. The molecule has 12 rings (SSSR count). The molecule has 2 amide bonds. The van der Waals surface area contributed by atoms with Crippen molar-refractivity contribution in [1.29, 1.82) is 0 Å². The second kappa shape index (κ2) is 12.8. The number of fused-ring (bicyclic) bond motifs is 1. The largest absolute Gasteiger partial charge is 0.393 e. The Kier molecular flexibility index (Phi) is 8.52. The lowest BCUT2D eigenvalue weighted by molar-refractivity contribution is -0.176. The Bertz CT molecular complexity index is 2020. The van der Waals surface area contributed by atoms with E-state index in [2.05, 4.69) is 37.4 Å². The van der Waals surface area contributed by atoms with Crippen molar-refractivity contribution in [1.82, 2.24) is 10.2 Å². The molecule has 0 aliphatic heterocycles. The van der Waals surface area contributed by atoms with Gasteiger partial charge in [0.05, 0.1) is 24.3 Å². The predicted molar refractivity (Wildman–Crippen MR) is 215 cm³/mol. The van der Waals surface area contributed by atoms with Crippen LogP contribution in [0.4, 0.5) is 13.6 Å². The molecule has 10 aliphatic rings. The molecule has 2 aromatic carbocycles. The Balaban J connectivity index is 1.03. The van der Waals surface area contributed by atoms with E-state index in [0.29, 0.717) is 37.8 Å². The van der Waals surface area contributed by atoms with E-state index in [1.165, 1.54) is 25.3 Å². The van der Waals surface area contributed by atoms with Gasteiger partial charge >= 0.3 is 6.03 Å². The van der Waals surface area contributed by atoms with Crippen molar-refractivity contribution >= 4 is 11.8 Å². The molecule has 2 aromatic rings. The van der Waals surface area contributed by atoms with Crippen LogP contribution in [0.25, 0.3) is 0 Å². The Morgan fingerprint density at radius 3 is 2.16 bits per heavy atom. The highest BCUT2D eigenvalue weighted by atomic mass is 19.2. The van der Waals surface area contributed by atoms with E-state index in [1.807, 2.05) is 42.2 Å². The Hall–Kier alpha value is -3.36. The summed E-state index contributed by atoms with van der Waals surface area (Å²) in [5.74, 6) is -0.220. The number of benzene rings is 2. The van der Waals surface area contributed by atoms with Crippen LogP contribution in [0.15, 0.2) is 72.3 Å². The van der Waals surface area contributed by atoms with Gasteiger partial charge in [-0.2, -0.15) is 0 Å². The van der Waals surface area contributed by atoms with Crippen LogP contribution in [-0.4, -0.2) is 51.7 Å². The fraction of sp³-hybridized carbons (Fsp3) is 0.633. The maximum Gasteiger partial charge on any atom is 0.317 e. The van der Waals surface area contributed by atoms with E-state index >= 15 is 0 Å². The quantitative estimate of drug-likeness (QED) is 0.184. The molecule has 9 unspecified atom stereocenters. The van der Waals surface area contributed by atoms with E-state index < -0.39 is 39.6 Å². The number of urea groups is 1. The van der Waals surface area contributed by atoms with E-state index in [9.17, 15) is 28.6 Å². The van der Waals surface area contributed by atoms with Gasteiger partial charge < -0.3 is 20.4 Å². The molecule has 0 heterocycles.